The van der Waals surface area contributed by atoms with Crippen LogP contribution in [0.4, 0.5) is 0 Å². The molecule has 0 saturated carbocycles. The lowest BCUT2D eigenvalue weighted by Crippen LogP contribution is -2.44. The molecule has 0 radical (unpaired) electrons. The van der Waals surface area contributed by atoms with Gasteiger partial charge in [0, 0.05) is 15.6 Å². The van der Waals surface area contributed by atoms with Gasteiger partial charge in [-0.15, -0.1) is 0 Å². The SMILES string of the molecule is CSCCC(C(=O)O)N1C(=O)/C(=C/c2c(Cl)cccc2Cl)SC1=S. The van der Waals surface area contributed by atoms with Crippen molar-refractivity contribution in [1.82, 2.24) is 4.90 Å². The number of benzene rings is 1. The van der Waals surface area contributed by atoms with Crippen molar-refractivity contribution in [2.24, 2.45) is 0 Å². The maximum absolute atomic E-state index is 12.6. The highest BCUT2D eigenvalue weighted by molar-refractivity contribution is 8.26. The number of thioether (sulfide) groups is 2. The standard InChI is InChI=1S/C15H13Cl2NO3S3/c1-23-6-5-11(14(20)21)18-13(19)12(24-15(18)22)7-8-9(16)3-2-4-10(8)17/h2-4,7,11H,5-6H2,1H3,(H,20,21)/b12-7-. The van der Waals surface area contributed by atoms with Gasteiger partial charge in [0.25, 0.3) is 5.91 Å². The molecule has 9 heteroatoms. The summed E-state index contributed by atoms with van der Waals surface area (Å²) >= 11 is 20.0. The fourth-order valence-electron chi connectivity index (χ4n) is 2.12. The molecule has 1 heterocycles. The van der Waals surface area contributed by atoms with E-state index in [0.29, 0.717) is 32.7 Å². The number of aliphatic carboxylic acids is 1. The molecule has 1 N–H and O–H groups in total. The van der Waals surface area contributed by atoms with E-state index in [4.69, 9.17) is 35.4 Å². The van der Waals surface area contributed by atoms with Crippen LogP contribution >= 0.6 is 58.9 Å². The Labute approximate surface area is 163 Å². The molecule has 128 valence electrons. The van der Waals surface area contributed by atoms with E-state index in [1.807, 2.05) is 6.26 Å². The van der Waals surface area contributed by atoms with E-state index in [1.165, 1.54) is 11.8 Å². The molecule has 0 aromatic heterocycles. The number of carboxylic acid groups (broad SMARTS) is 1. The number of hydrogen-bond acceptors (Lipinski definition) is 5. The number of amides is 1. The molecule has 1 unspecified atom stereocenters. The molecule has 1 aromatic rings. The predicted octanol–water partition coefficient (Wildman–Crippen LogP) is 4.40. The van der Waals surface area contributed by atoms with Crippen molar-refractivity contribution >= 4 is 81.2 Å². The van der Waals surface area contributed by atoms with Gasteiger partial charge >= 0.3 is 5.97 Å². The molecule has 1 atom stereocenters. The molecular formula is C15H13Cl2NO3S3. The third-order valence-corrected chi connectivity index (χ3v) is 5.92. The summed E-state index contributed by atoms with van der Waals surface area (Å²) in [4.78, 5) is 25.6. The van der Waals surface area contributed by atoms with Gasteiger partial charge in [-0.05, 0) is 36.6 Å². The molecule has 24 heavy (non-hydrogen) atoms. The number of nitrogens with zero attached hydrogens (tertiary/aromatic N) is 1. The van der Waals surface area contributed by atoms with E-state index in [1.54, 1.807) is 24.3 Å². The van der Waals surface area contributed by atoms with Crippen LogP contribution in [0.25, 0.3) is 6.08 Å². The molecule has 1 aromatic carbocycles. The van der Waals surface area contributed by atoms with E-state index in [-0.39, 0.29) is 4.32 Å². The van der Waals surface area contributed by atoms with E-state index in [0.717, 1.165) is 16.7 Å². The fourth-order valence-corrected chi connectivity index (χ4v) is 4.42. The van der Waals surface area contributed by atoms with Crippen molar-refractivity contribution in [1.29, 1.82) is 0 Å². The number of hydrogen-bond donors (Lipinski definition) is 1. The lowest BCUT2D eigenvalue weighted by Gasteiger charge is -2.22. The second-order valence-electron chi connectivity index (χ2n) is 4.82. The number of thiocarbonyl (C=S) groups is 1. The summed E-state index contributed by atoms with van der Waals surface area (Å²) < 4.78 is 0.225. The van der Waals surface area contributed by atoms with Gasteiger partial charge in [0.1, 0.15) is 10.4 Å². The van der Waals surface area contributed by atoms with Crippen LogP contribution in [-0.4, -0.2) is 44.3 Å². The first kappa shape index (κ1) is 19.6. The maximum atomic E-state index is 12.6. The monoisotopic (exact) mass is 421 g/mol. The number of carbonyl (C=O) groups excluding carboxylic acids is 1. The summed E-state index contributed by atoms with van der Waals surface area (Å²) in [6.07, 6.45) is 3.75. The Bertz CT molecular complexity index is 704. The number of rotatable bonds is 6. The minimum atomic E-state index is -1.07. The molecule has 0 bridgehead atoms. The Kier molecular flexibility index (Phi) is 7.00. The van der Waals surface area contributed by atoms with Gasteiger partial charge in [-0.3, -0.25) is 9.69 Å². The summed E-state index contributed by atoms with van der Waals surface area (Å²) in [6, 6.07) is 4.06. The van der Waals surface area contributed by atoms with E-state index < -0.39 is 17.9 Å². The minimum Gasteiger partial charge on any atom is -0.480 e. The van der Waals surface area contributed by atoms with Gasteiger partial charge in [0.05, 0.1) is 4.91 Å². The van der Waals surface area contributed by atoms with Crippen LogP contribution in [0.3, 0.4) is 0 Å². The summed E-state index contributed by atoms with van der Waals surface area (Å²) in [7, 11) is 0. The minimum absolute atomic E-state index is 0.225. The predicted molar refractivity (Wildman–Crippen MR) is 106 cm³/mol. The summed E-state index contributed by atoms with van der Waals surface area (Å²) in [5.41, 5.74) is 0.511. The Hall–Kier alpha value is -0.730. The molecule has 1 amide bonds. The second-order valence-corrected chi connectivity index (χ2v) is 8.30. The molecule has 0 spiro atoms. The molecule has 1 fully saturated rings. The van der Waals surface area contributed by atoms with Crippen LogP contribution in [0.5, 0.6) is 0 Å². The molecule has 0 aliphatic carbocycles. The summed E-state index contributed by atoms with van der Waals surface area (Å²) in [5, 5.41) is 10.2. The smallest absolute Gasteiger partial charge is 0.326 e. The highest BCUT2D eigenvalue weighted by atomic mass is 35.5. The average molecular weight is 422 g/mol. The van der Waals surface area contributed by atoms with Crippen LogP contribution in [0.2, 0.25) is 10.0 Å². The van der Waals surface area contributed by atoms with Gasteiger partial charge in [0.2, 0.25) is 0 Å². The van der Waals surface area contributed by atoms with Crippen LogP contribution in [-0.2, 0) is 9.59 Å². The Morgan fingerprint density at radius 1 is 1.46 bits per heavy atom. The molecular weight excluding hydrogens is 409 g/mol. The molecule has 1 saturated heterocycles. The van der Waals surface area contributed by atoms with Crippen LogP contribution in [0.15, 0.2) is 23.1 Å². The fraction of sp³-hybridized carbons (Fsp3) is 0.267. The van der Waals surface area contributed by atoms with Crippen molar-refractivity contribution in [2.45, 2.75) is 12.5 Å². The quantitative estimate of drug-likeness (QED) is 0.542. The van der Waals surface area contributed by atoms with Crippen molar-refractivity contribution < 1.29 is 14.7 Å². The van der Waals surface area contributed by atoms with Gasteiger partial charge in [0.15, 0.2) is 0 Å². The zero-order chi connectivity index (χ0) is 17.9. The largest absolute Gasteiger partial charge is 0.480 e. The Balaban J connectivity index is 2.34. The topological polar surface area (TPSA) is 57.6 Å². The van der Waals surface area contributed by atoms with Crippen molar-refractivity contribution in [3.05, 3.63) is 38.7 Å². The van der Waals surface area contributed by atoms with Crippen molar-refractivity contribution in [3.8, 4) is 0 Å². The molecule has 1 aliphatic rings. The lowest BCUT2D eigenvalue weighted by molar-refractivity contribution is -0.145. The van der Waals surface area contributed by atoms with Gasteiger partial charge in [-0.2, -0.15) is 11.8 Å². The van der Waals surface area contributed by atoms with E-state index in [2.05, 4.69) is 0 Å². The van der Waals surface area contributed by atoms with E-state index >= 15 is 0 Å². The first-order chi connectivity index (χ1) is 11.4. The lowest BCUT2D eigenvalue weighted by atomic mass is 10.1. The first-order valence-electron chi connectivity index (χ1n) is 6.79. The Morgan fingerprint density at radius 2 is 2.08 bits per heavy atom. The first-order valence-corrected chi connectivity index (χ1v) is 10.2. The van der Waals surface area contributed by atoms with Crippen molar-refractivity contribution in [3.63, 3.8) is 0 Å². The second kappa shape index (κ2) is 8.58. The normalized spacial score (nSPS) is 17.6. The number of halogens is 2. The summed E-state index contributed by atoms with van der Waals surface area (Å²) in [6.45, 7) is 0. The highest BCUT2D eigenvalue weighted by Crippen LogP contribution is 2.37. The molecule has 4 nitrogen and oxygen atoms in total. The van der Waals surface area contributed by atoms with Crippen LogP contribution in [0.1, 0.15) is 12.0 Å². The summed E-state index contributed by atoms with van der Waals surface area (Å²) in [5.74, 6) is -0.893. The third kappa shape index (κ3) is 4.26. The number of carboxylic acids is 1. The van der Waals surface area contributed by atoms with Crippen LogP contribution < -0.4 is 0 Å². The van der Waals surface area contributed by atoms with Crippen molar-refractivity contribution in [2.75, 3.05) is 12.0 Å². The Morgan fingerprint density at radius 3 is 2.62 bits per heavy atom. The van der Waals surface area contributed by atoms with Crippen LogP contribution in [0, 0.1) is 0 Å². The average Bonchev–Trinajstić information content (AvgIpc) is 2.79. The third-order valence-electron chi connectivity index (χ3n) is 3.29. The zero-order valence-corrected chi connectivity index (χ0v) is 16.5. The molecule has 1 aliphatic heterocycles. The van der Waals surface area contributed by atoms with Gasteiger partial charge < -0.3 is 5.11 Å². The van der Waals surface area contributed by atoms with E-state index in [9.17, 15) is 14.7 Å². The maximum Gasteiger partial charge on any atom is 0.326 e. The zero-order valence-electron chi connectivity index (χ0n) is 12.5. The highest BCUT2D eigenvalue weighted by Gasteiger charge is 2.40. The van der Waals surface area contributed by atoms with Gasteiger partial charge in [-0.1, -0.05) is 53.2 Å². The molecule has 2 rings (SSSR count). The number of carbonyl (C=O) groups is 2. The van der Waals surface area contributed by atoms with Gasteiger partial charge in [-0.25, -0.2) is 4.79 Å².